The Hall–Kier alpha value is -1.31. The highest BCUT2D eigenvalue weighted by molar-refractivity contribution is 6.31. The van der Waals surface area contributed by atoms with Crippen molar-refractivity contribution in [3.05, 3.63) is 70.2 Å². The summed E-state index contributed by atoms with van der Waals surface area (Å²) in [6.07, 6.45) is 0. The van der Waals surface area contributed by atoms with Crippen LogP contribution in [0.4, 0.5) is 0 Å². The Balaban J connectivity index is 1.98. The van der Waals surface area contributed by atoms with Crippen LogP contribution in [0.2, 0.25) is 5.02 Å². The number of hydrogen-bond acceptors (Lipinski definition) is 1. The first-order valence-corrected chi connectivity index (χ1v) is 6.58. The minimum Gasteiger partial charge on any atom is -0.306 e. The molecule has 0 radical (unpaired) electrons. The van der Waals surface area contributed by atoms with Crippen LogP contribution >= 0.6 is 11.6 Å². The van der Waals surface area contributed by atoms with Gasteiger partial charge in [0.1, 0.15) is 0 Å². The van der Waals surface area contributed by atoms with Crippen LogP contribution in [0, 0.1) is 6.92 Å². The fourth-order valence-electron chi connectivity index (χ4n) is 1.88. The number of rotatable bonds is 4. The van der Waals surface area contributed by atoms with E-state index in [1.165, 1.54) is 11.1 Å². The van der Waals surface area contributed by atoms with Gasteiger partial charge in [-0.1, -0.05) is 59.6 Å². The summed E-state index contributed by atoms with van der Waals surface area (Å²) in [4.78, 5) is 0. The summed E-state index contributed by atoms with van der Waals surface area (Å²) in [5.41, 5.74) is 3.72. The second kappa shape index (κ2) is 6.03. The summed E-state index contributed by atoms with van der Waals surface area (Å²) in [7, 11) is 0. The molecule has 0 aliphatic carbocycles. The molecule has 0 heterocycles. The van der Waals surface area contributed by atoms with E-state index in [2.05, 4.69) is 49.5 Å². The van der Waals surface area contributed by atoms with Crippen LogP contribution in [-0.2, 0) is 6.54 Å². The Morgan fingerprint density at radius 2 is 1.72 bits per heavy atom. The molecule has 0 fully saturated rings. The molecule has 0 saturated heterocycles. The topological polar surface area (TPSA) is 12.0 Å². The van der Waals surface area contributed by atoms with E-state index in [1.54, 1.807) is 0 Å². The first-order chi connectivity index (χ1) is 8.66. The fraction of sp³-hybridized carbons (Fsp3) is 0.250. The van der Waals surface area contributed by atoms with Crippen molar-refractivity contribution in [2.45, 2.75) is 26.4 Å². The fourth-order valence-corrected chi connectivity index (χ4v) is 2.08. The summed E-state index contributed by atoms with van der Waals surface area (Å²) in [5.74, 6) is 0. The second-order valence-electron chi connectivity index (χ2n) is 4.60. The van der Waals surface area contributed by atoms with Crippen molar-refractivity contribution in [3.63, 3.8) is 0 Å². The highest BCUT2D eigenvalue weighted by Crippen LogP contribution is 2.17. The number of halogens is 1. The molecule has 1 atom stereocenters. The minimum absolute atomic E-state index is 0.321. The SMILES string of the molecule is Cc1ccc([C@H](C)NCc2ccccc2Cl)cc1. The van der Waals surface area contributed by atoms with Crippen molar-refractivity contribution in [1.29, 1.82) is 0 Å². The maximum atomic E-state index is 6.13. The highest BCUT2D eigenvalue weighted by atomic mass is 35.5. The van der Waals surface area contributed by atoms with Crippen LogP contribution in [-0.4, -0.2) is 0 Å². The van der Waals surface area contributed by atoms with Crippen molar-refractivity contribution in [2.75, 3.05) is 0 Å². The largest absolute Gasteiger partial charge is 0.306 e. The lowest BCUT2D eigenvalue weighted by Gasteiger charge is -2.15. The van der Waals surface area contributed by atoms with Gasteiger partial charge < -0.3 is 5.32 Å². The van der Waals surface area contributed by atoms with Crippen molar-refractivity contribution in [1.82, 2.24) is 5.32 Å². The molecule has 1 N–H and O–H groups in total. The third-order valence-electron chi connectivity index (χ3n) is 3.13. The molecule has 0 bridgehead atoms. The number of aryl methyl sites for hydroxylation is 1. The Morgan fingerprint density at radius 1 is 1.06 bits per heavy atom. The molecular formula is C16H18ClN. The lowest BCUT2D eigenvalue weighted by atomic mass is 10.1. The van der Waals surface area contributed by atoms with Gasteiger partial charge in [-0.05, 0) is 31.0 Å². The van der Waals surface area contributed by atoms with Crippen molar-refractivity contribution in [3.8, 4) is 0 Å². The third-order valence-corrected chi connectivity index (χ3v) is 3.50. The van der Waals surface area contributed by atoms with Gasteiger partial charge in [-0.2, -0.15) is 0 Å². The van der Waals surface area contributed by atoms with E-state index in [-0.39, 0.29) is 0 Å². The van der Waals surface area contributed by atoms with Crippen LogP contribution in [0.3, 0.4) is 0 Å². The molecule has 94 valence electrons. The molecule has 2 aromatic rings. The molecule has 1 nitrogen and oxygen atoms in total. The zero-order valence-electron chi connectivity index (χ0n) is 10.8. The zero-order chi connectivity index (χ0) is 13.0. The van der Waals surface area contributed by atoms with Gasteiger partial charge in [-0.3, -0.25) is 0 Å². The number of nitrogens with one attached hydrogen (secondary N) is 1. The van der Waals surface area contributed by atoms with Crippen molar-refractivity contribution >= 4 is 11.6 Å². The molecule has 0 spiro atoms. The molecular weight excluding hydrogens is 242 g/mol. The van der Waals surface area contributed by atoms with Crippen LogP contribution in [0.1, 0.15) is 29.7 Å². The maximum absolute atomic E-state index is 6.13. The predicted octanol–water partition coefficient (Wildman–Crippen LogP) is 4.50. The minimum atomic E-state index is 0.321. The van der Waals surface area contributed by atoms with Gasteiger partial charge in [-0.15, -0.1) is 0 Å². The standard InChI is InChI=1S/C16H18ClN/c1-12-7-9-14(10-8-12)13(2)18-11-15-5-3-4-6-16(15)17/h3-10,13,18H,11H2,1-2H3/t13-/m0/s1. The van der Waals surface area contributed by atoms with E-state index in [0.717, 1.165) is 17.1 Å². The van der Waals surface area contributed by atoms with Crippen molar-refractivity contribution < 1.29 is 0 Å². The zero-order valence-corrected chi connectivity index (χ0v) is 11.5. The highest BCUT2D eigenvalue weighted by Gasteiger charge is 2.05. The van der Waals surface area contributed by atoms with E-state index >= 15 is 0 Å². The molecule has 18 heavy (non-hydrogen) atoms. The van der Waals surface area contributed by atoms with E-state index < -0.39 is 0 Å². The number of hydrogen-bond donors (Lipinski definition) is 1. The summed E-state index contributed by atoms with van der Waals surface area (Å²) in [6.45, 7) is 5.06. The van der Waals surface area contributed by atoms with Gasteiger partial charge in [0, 0.05) is 17.6 Å². The maximum Gasteiger partial charge on any atom is 0.0450 e. The lowest BCUT2D eigenvalue weighted by molar-refractivity contribution is 0.575. The number of benzene rings is 2. The molecule has 2 aromatic carbocycles. The Kier molecular flexibility index (Phi) is 4.40. The van der Waals surface area contributed by atoms with Crippen LogP contribution in [0.25, 0.3) is 0 Å². The quantitative estimate of drug-likeness (QED) is 0.853. The Bertz CT molecular complexity index is 505. The lowest BCUT2D eigenvalue weighted by Crippen LogP contribution is -2.18. The molecule has 0 aliphatic rings. The molecule has 0 amide bonds. The average molecular weight is 260 g/mol. The van der Waals surface area contributed by atoms with Crippen LogP contribution < -0.4 is 5.32 Å². The smallest absolute Gasteiger partial charge is 0.0450 e. The van der Waals surface area contributed by atoms with Gasteiger partial charge in [-0.25, -0.2) is 0 Å². The average Bonchev–Trinajstić information content (AvgIpc) is 2.38. The third kappa shape index (κ3) is 3.34. The molecule has 0 aromatic heterocycles. The molecule has 2 heteroatoms. The van der Waals surface area contributed by atoms with Crippen molar-refractivity contribution in [2.24, 2.45) is 0 Å². The van der Waals surface area contributed by atoms with E-state index in [0.29, 0.717) is 6.04 Å². The predicted molar refractivity (Wildman–Crippen MR) is 77.9 cm³/mol. The van der Waals surface area contributed by atoms with E-state index in [4.69, 9.17) is 11.6 Å². The van der Waals surface area contributed by atoms with Gasteiger partial charge in [0.25, 0.3) is 0 Å². The summed E-state index contributed by atoms with van der Waals surface area (Å²) in [5, 5.41) is 4.31. The van der Waals surface area contributed by atoms with Gasteiger partial charge >= 0.3 is 0 Å². The monoisotopic (exact) mass is 259 g/mol. The Morgan fingerprint density at radius 3 is 2.39 bits per heavy atom. The summed E-state index contributed by atoms with van der Waals surface area (Å²) in [6, 6.07) is 16.9. The summed E-state index contributed by atoms with van der Waals surface area (Å²) >= 11 is 6.13. The van der Waals surface area contributed by atoms with Gasteiger partial charge in [0.15, 0.2) is 0 Å². The van der Waals surface area contributed by atoms with Crippen LogP contribution in [0.15, 0.2) is 48.5 Å². The molecule has 0 aliphatic heterocycles. The first kappa shape index (κ1) is 13.1. The first-order valence-electron chi connectivity index (χ1n) is 6.20. The molecule has 0 unspecified atom stereocenters. The van der Waals surface area contributed by atoms with Crippen LogP contribution in [0.5, 0.6) is 0 Å². The summed E-state index contributed by atoms with van der Waals surface area (Å²) < 4.78 is 0. The Labute approximate surface area is 114 Å². The second-order valence-corrected chi connectivity index (χ2v) is 5.01. The van der Waals surface area contributed by atoms with Gasteiger partial charge in [0.05, 0.1) is 0 Å². The van der Waals surface area contributed by atoms with E-state index in [9.17, 15) is 0 Å². The normalized spacial score (nSPS) is 12.4. The van der Waals surface area contributed by atoms with Gasteiger partial charge in [0.2, 0.25) is 0 Å². The molecule has 0 saturated carbocycles. The van der Waals surface area contributed by atoms with E-state index in [1.807, 2.05) is 18.2 Å². The molecule has 2 rings (SSSR count).